The fourth-order valence-corrected chi connectivity index (χ4v) is 3.95. The van der Waals surface area contributed by atoms with Crippen LogP contribution in [0, 0.1) is 0 Å². The Bertz CT molecular complexity index is 885. The summed E-state index contributed by atoms with van der Waals surface area (Å²) in [5.41, 5.74) is 0. The van der Waals surface area contributed by atoms with Crippen LogP contribution in [0.2, 0.25) is 0 Å². The summed E-state index contributed by atoms with van der Waals surface area (Å²) in [6, 6.07) is 0. The molecule has 26 heteroatoms. The van der Waals surface area contributed by atoms with Gasteiger partial charge in [0, 0.05) is 0 Å². The van der Waals surface area contributed by atoms with Gasteiger partial charge in [0.2, 0.25) is 0 Å². The van der Waals surface area contributed by atoms with E-state index in [9.17, 15) is 95.9 Å². The zero-order valence-corrected chi connectivity index (χ0v) is 16.3. The second-order valence-corrected chi connectivity index (χ2v) is 8.87. The second kappa shape index (κ2) is 8.31. The topological polar surface area (TPSA) is 119 Å². The van der Waals surface area contributed by atoms with Gasteiger partial charge in [-0.05, 0) is 0 Å². The van der Waals surface area contributed by atoms with E-state index in [1.807, 2.05) is 0 Å². The van der Waals surface area contributed by atoms with E-state index in [4.69, 9.17) is 0 Å². The molecule has 0 heterocycles. The zero-order chi connectivity index (χ0) is 27.7. The van der Waals surface area contributed by atoms with Crippen molar-refractivity contribution in [2.75, 3.05) is 0 Å². The number of nitrogens with zero attached hydrogens (tertiary/aromatic N) is 1. The molecule has 0 aliphatic carbocycles. The predicted molar refractivity (Wildman–Crippen MR) is 69.0 cm³/mol. The summed E-state index contributed by atoms with van der Waals surface area (Å²) in [6.07, 6.45) is -15.6. The fraction of sp³-hybridized carbons (Fsp3) is 1.00. The largest absolute Gasteiger partial charge is 0.460 e. The van der Waals surface area contributed by atoms with Crippen LogP contribution in [-0.4, -0.2) is 63.4 Å². The van der Waals surface area contributed by atoms with E-state index >= 15 is 0 Å². The Kier molecular flexibility index (Phi) is 8.49. The molecular weight excluding hydrogens is 594 g/mol. The summed E-state index contributed by atoms with van der Waals surface area (Å²) in [5, 5.41) is -16.4. The summed E-state index contributed by atoms with van der Waals surface area (Å²) < 4.78 is 269. The Hall–Kier alpha value is -1.44. The Morgan fingerprint density at radius 1 is 0.382 bits per heavy atom. The number of rotatable bonds is 8. The first kappa shape index (κ1) is 34.7. The van der Waals surface area contributed by atoms with E-state index in [1.54, 1.807) is 0 Å². The Morgan fingerprint density at radius 3 is 0.706 bits per heavy atom. The standard InChI is InChI=1S/C8F18NO4S2.H3N/c9-1(10,5(17,18)19)3(13,14)7(23,24)32(28,29)27-33(30,31)8(25,26)4(15,16)2(11,12)6(20,21)22;/h;1H3/q-1;/p+1. The van der Waals surface area contributed by atoms with Crippen molar-refractivity contribution in [3.05, 3.63) is 4.13 Å². The minimum Gasteiger partial charge on any atom is -0.425 e. The van der Waals surface area contributed by atoms with Crippen LogP contribution in [0.3, 0.4) is 0 Å². The Balaban J connectivity index is 0. The molecule has 0 aliphatic heterocycles. The highest BCUT2D eigenvalue weighted by Gasteiger charge is 2.86. The molecule has 0 rings (SSSR count). The lowest BCUT2D eigenvalue weighted by Crippen LogP contribution is -2.64. The minimum absolute atomic E-state index is 0. The van der Waals surface area contributed by atoms with E-state index in [0.29, 0.717) is 0 Å². The van der Waals surface area contributed by atoms with Crippen molar-refractivity contribution < 1.29 is 95.9 Å². The molecule has 0 bridgehead atoms. The molecule has 6 nitrogen and oxygen atoms in total. The van der Waals surface area contributed by atoms with Crippen molar-refractivity contribution in [2.24, 2.45) is 0 Å². The molecule has 0 saturated carbocycles. The molecule has 0 amide bonds. The molecule has 0 aliphatic rings. The van der Waals surface area contributed by atoms with Gasteiger partial charge in [-0.15, -0.1) is 0 Å². The van der Waals surface area contributed by atoms with Crippen LogP contribution in [0.1, 0.15) is 0 Å². The molecule has 0 spiro atoms. The molecule has 0 saturated heterocycles. The SMILES string of the molecule is O=S(=O)([N-]S(=O)(=O)C(F)(F)C(F)(F)C(F)(F)C(F)(F)F)C(F)(F)C(F)(F)C(F)(F)C(F)(F)F.[NH4+]. The third-order valence-corrected chi connectivity index (χ3v) is 6.45. The molecule has 0 aromatic heterocycles. The smallest absolute Gasteiger partial charge is 0.425 e. The van der Waals surface area contributed by atoms with Gasteiger partial charge in [-0.3, -0.25) is 0 Å². The number of hydrogen-bond acceptors (Lipinski definition) is 4. The van der Waals surface area contributed by atoms with Gasteiger partial charge >= 0.3 is 46.6 Å². The number of quaternary nitrogens is 1. The first-order valence-electron chi connectivity index (χ1n) is 6.34. The quantitative estimate of drug-likeness (QED) is 0.384. The van der Waals surface area contributed by atoms with Gasteiger partial charge in [0.05, 0.1) is 0 Å². The van der Waals surface area contributed by atoms with E-state index in [2.05, 4.69) is 0 Å². The molecular formula is C8H4F18N2O4S2. The van der Waals surface area contributed by atoms with Crippen molar-refractivity contribution in [2.45, 2.75) is 46.6 Å². The molecule has 0 aromatic rings. The third-order valence-electron chi connectivity index (χ3n) is 3.08. The Labute approximate surface area is 173 Å². The molecule has 0 radical (unpaired) electrons. The van der Waals surface area contributed by atoms with Gasteiger partial charge in [0.1, 0.15) is 0 Å². The normalized spacial score (nSPS) is 16.3. The van der Waals surface area contributed by atoms with Crippen LogP contribution < -0.4 is 6.15 Å². The van der Waals surface area contributed by atoms with E-state index in [0.717, 1.165) is 0 Å². The van der Waals surface area contributed by atoms with Crippen molar-refractivity contribution in [1.82, 2.24) is 6.15 Å². The van der Waals surface area contributed by atoms with E-state index in [-0.39, 0.29) is 10.3 Å². The van der Waals surface area contributed by atoms with Crippen LogP contribution in [0.4, 0.5) is 79.0 Å². The van der Waals surface area contributed by atoms with E-state index < -0.39 is 66.6 Å². The molecule has 0 atom stereocenters. The maximum Gasteiger partial charge on any atom is 0.460 e. The third kappa shape index (κ3) is 4.56. The molecule has 4 N–H and O–H groups in total. The fourth-order valence-electron chi connectivity index (χ4n) is 1.27. The number of hydrogen-bond donors (Lipinski definition) is 1. The summed E-state index contributed by atoms with van der Waals surface area (Å²) >= 11 is 0. The summed E-state index contributed by atoms with van der Waals surface area (Å²) in [5.74, 6) is -33.0. The molecule has 0 unspecified atom stereocenters. The van der Waals surface area contributed by atoms with Crippen LogP contribution in [0.15, 0.2) is 0 Å². The van der Waals surface area contributed by atoms with Crippen molar-refractivity contribution in [3.63, 3.8) is 0 Å². The van der Waals surface area contributed by atoms with Crippen LogP contribution in [0.5, 0.6) is 0 Å². The lowest BCUT2D eigenvalue weighted by atomic mass is 10.1. The van der Waals surface area contributed by atoms with Crippen LogP contribution in [-0.2, 0) is 20.0 Å². The van der Waals surface area contributed by atoms with Crippen molar-refractivity contribution >= 4 is 20.0 Å². The van der Waals surface area contributed by atoms with Crippen molar-refractivity contribution in [3.8, 4) is 0 Å². The highest BCUT2D eigenvalue weighted by molar-refractivity contribution is 8.13. The first-order valence-corrected chi connectivity index (χ1v) is 9.22. The average Bonchev–Trinajstić information content (AvgIpc) is 2.50. The predicted octanol–water partition coefficient (Wildman–Crippen LogP) is 5.25. The molecule has 0 aromatic carbocycles. The maximum absolute atomic E-state index is 13.2. The van der Waals surface area contributed by atoms with Gasteiger partial charge < -0.3 is 10.3 Å². The van der Waals surface area contributed by atoms with Gasteiger partial charge in [-0.2, -0.15) is 79.0 Å². The molecule has 34 heavy (non-hydrogen) atoms. The van der Waals surface area contributed by atoms with Gasteiger partial charge in [0.15, 0.2) is 20.0 Å². The number of sulfonamides is 2. The van der Waals surface area contributed by atoms with Gasteiger partial charge in [0.25, 0.3) is 0 Å². The summed E-state index contributed by atoms with van der Waals surface area (Å²) in [4.78, 5) is 0. The Morgan fingerprint density at radius 2 is 0.559 bits per heavy atom. The number of halogens is 18. The number of alkyl halides is 18. The zero-order valence-electron chi connectivity index (χ0n) is 14.7. The highest BCUT2D eigenvalue weighted by Crippen LogP contribution is 2.58. The summed E-state index contributed by atoms with van der Waals surface area (Å²) in [7, 11) is -17.6. The first-order chi connectivity index (χ1) is 13.7. The van der Waals surface area contributed by atoms with Crippen molar-refractivity contribution in [1.29, 1.82) is 0 Å². The lowest BCUT2D eigenvalue weighted by molar-refractivity contribution is -0.382. The van der Waals surface area contributed by atoms with Crippen LogP contribution in [0.25, 0.3) is 4.13 Å². The molecule has 0 fully saturated rings. The monoisotopic (exact) mass is 598 g/mol. The lowest BCUT2D eigenvalue weighted by Gasteiger charge is -2.39. The van der Waals surface area contributed by atoms with Gasteiger partial charge in [-0.25, -0.2) is 16.8 Å². The van der Waals surface area contributed by atoms with E-state index in [1.165, 1.54) is 0 Å². The minimum atomic E-state index is -8.81. The maximum atomic E-state index is 13.2. The second-order valence-electron chi connectivity index (χ2n) is 5.35. The summed E-state index contributed by atoms with van der Waals surface area (Å²) in [6.45, 7) is 0. The highest BCUT2D eigenvalue weighted by atomic mass is 32.3. The van der Waals surface area contributed by atoms with Crippen LogP contribution >= 0.6 is 0 Å². The molecule has 208 valence electrons. The average molecular weight is 598 g/mol. The van der Waals surface area contributed by atoms with Gasteiger partial charge in [-0.1, -0.05) is 0 Å².